The van der Waals surface area contributed by atoms with Crippen LogP contribution in [-0.2, 0) is 4.79 Å². The first-order chi connectivity index (χ1) is 9.49. The van der Waals surface area contributed by atoms with E-state index in [-0.39, 0.29) is 11.7 Å². The fraction of sp³-hybridized carbons (Fsp3) is 0.133. The van der Waals surface area contributed by atoms with Gasteiger partial charge in [0.25, 0.3) is 0 Å². The van der Waals surface area contributed by atoms with Crippen molar-refractivity contribution in [1.29, 1.82) is 0 Å². The van der Waals surface area contributed by atoms with Gasteiger partial charge in [-0.3, -0.25) is 4.79 Å². The number of carbonyl (C=O) groups excluding carboxylic acids is 1. The van der Waals surface area contributed by atoms with Gasteiger partial charge in [0.15, 0.2) is 0 Å². The van der Waals surface area contributed by atoms with Gasteiger partial charge in [0, 0.05) is 5.69 Å². The van der Waals surface area contributed by atoms with Gasteiger partial charge >= 0.3 is 0 Å². The first-order valence-electron chi connectivity index (χ1n) is 5.94. The average molecular weight is 357 g/mol. The number of nitrogens with one attached hydrogen (secondary N) is 1. The maximum Gasteiger partial charge on any atom is 0.246 e. The predicted molar refractivity (Wildman–Crippen MR) is 82.5 cm³/mol. The third kappa shape index (κ3) is 3.38. The summed E-state index contributed by atoms with van der Waals surface area (Å²) in [5.41, 5.74) is 1.88. The highest BCUT2D eigenvalue weighted by Gasteiger charge is 2.18. The van der Waals surface area contributed by atoms with E-state index in [9.17, 15) is 9.18 Å². The van der Waals surface area contributed by atoms with E-state index in [1.54, 1.807) is 19.1 Å². The Bertz CT molecular complexity index is 633. The molecule has 0 aliphatic carbocycles. The molecule has 0 aromatic heterocycles. The molecule has 2 aromatic carbocycles. The SMILES string of the molecule is Cc1cc(F)c(Br)cc1NC(=O)C(Cl)c1ccccc1. The highest BCUT2D eigenvalue weighted by molar-refractivity contribution is 9.10. The zero-order chi connectivity index (χ0) is 14.7. The lowest BCUT2D eigenvalue weighted by Gasteiger charge is -2.13. The van der Waals surface area contributed by atoms with Crippen LogP contribution in [0, 0.1) is 12.7 Å². The molecule has 0 heterocycles. The second-order valence-corrected chi connectivity index (χ2v) is 5.63. The third-order valence-corrected chi connectivity index (χ3v) is 3.91. The van der Waals surface area contributed by atoms with Crippen LogP contribution in [-0.4, -0.2) is 5.91 Å². The summed E-state index contributed by atoms with van der Waals surface area (Å²) in [5, 5.41) is 1.92. The molecule has 1 N–H and O–H groups in total. The molecule has 0 saturated carbocycles. The highest BCUT2D eigenvalue weighted by atomic mass is 79.9. The molecule has 0 radical (unpaired) electrons. The van der Waals surface area contributed by atoms with E-state index in [4.69, 9.17) is 11.6 Å². The quantitative estimate of drug-likeness (QED) is 0.785. The van der Waals surface area contributed by atoms with Crippen LogP contribution in [0.3, 0.4) is 0 Å². The maximum atomic E-state index is 13.3. The lowest BCUT2D eigenvalue weighted by atomic mass is 10.1. The standard InChI is InChI=1S/C15H12BrClFNO/c1-9-7-12(18)11(16)8-13(9)19-15(20)14(17)10-5-3-2-4-6-10/h2-8,14H,1H3,(H,19,20). The molecule has 2 rings (SSSR count). The Hall–Kier alpha value is -1.39. The Labute approximate surface area is 130 Å². The van der Waals surface area contributed by atoms with Crippen LogP contribution in [0.2, 0.25) is 0 Å². The van der Waals surface area contributed by atoms with Crippen LogP contribution < -0.4 is 5.32 Å². The number of halogens is 3. The van der Waals surface area contributed by atoms with Crippen molar-refractivity contribution in [3.8, 4) is 0 Å². The van der Waals surface area contributed by atoms with Crippen molar-refractivity contribution in [3.63, 3.8) is 0 Å². The minimum atomic E-state index is -0.792. The molecule has 0 bridgehead atoms. The van der Waals surface area contributed by atoms with E-state index < -0.39 is 5.38 Å². The van der Waals surface area contributed by atoms with Gasteiger partial charge in [-0.2, -0.15) is 0 Å². The summed E-state index contributed by atoms with van der Waals surface area (Å²) in [4.78, 5) is 12.1. The van der Waals surface area contributed by atoms with Crippen LogP contribution >= 0.6 is 27.5 Å². The summed E-state index contributed by atoms with van der Waals surface area (Å²) in [5.74, 6) is -0.717. The first kappa shape index (κ1) is 15.0. The molecule has 1 atom stereocenters. The van der Waals surface area contributed by atoms with E-state index in [2.05, 4.69) is 21.2 Å². The van der Waals surface area contributed by atoms with Gasteiger partial charge in [0.1, 0.15) is 11.2 Å². The van der Waals surface area contributed by atoms with E-state index in [1.807, 2.05) is 18.2 Å². The molecule has 104 valence electrons. The maximum absolute atomic E-state index is 13.3. The van der Waals surface area contributed by atoms with Gasteiger partial charge in [-0.15, -0.1) is 11.6 Å². The minimum Gasteiger partial charge on any atom is -0.324 e. The molecule has 5 heteroatoms. The summed E-state index contributed by atoms with van der Waals surface area (Å²) in [6.07, 6.45) is 0. The smallest absolute Gasteiger partial charge is 0.246 e. The number of amides is 1. The third-order valence-electron chi connectivity index (χ3n) is 2.85. The number of hydrogen-bond acceptors (Lipinski definition) is 1. The zero-order valence-electron chi connectivity index (χ0n) is 10.7. The van der Waals surface area contributed by atoms with Crippen LogP contribution in [0.5, 0.6) is 0 Å². The number of hydrogen-bond donors (Lipinski definition) is 1. The fourth-order valence-corrected chi connectivity index (χ4v) is 2.29. The van der Waals surface area contributed by atoms with Crippen LogP contribution in [0.4, 0.5) is 10.1 Å². The molecule has 0 saturated heterocycles. The Kier molecular flexibility index (Phi) is 4.78. The van der Waals surface area contributed by atoms with Crippen LogP contribution in [0.25, 0.3) is 0 Å². The molecule has 0 spiro atoms. The van der Waals surface area contributed by atoms with Crippen molar-refractivity contribution >= 4 is 39.1 Å². The zero-order valence-corrected chi connectivity index (χ0v) is 13.0. The minimum absolute atomic E-state index is 0.296. The van der Waals surface area contributed by atoms with Crippen molar-refractivity contribution in [2.45, 2.75) is 12.3 Å². The second kappa shape index (κ2) is 6.37. The number of benzene rings is 2. The summed E-state index contributed by atoms with van der Waals surface area (Å²) in [7, 11) is 0. The van der Waals surface area contributed by atoms with Crippen molar-refractivity contribution < 1.29 is 9.18 Å². The van der Waals surface area contributed by atoms with E-state index in [0.29, 0.717) is 21.3 Å². The molecular weight excluding hydrogens is 345 g/mol. The van der Waals surface area contributed by atoms with Crippen molar-refractivity contribution in [2.24, 2.45) is 0 Å². The van der Waals surface area contributed by atoms with Crippen molar-refractivity contribution in [1.82, 2.24) is 0 Å². The summed E-state index contributed by atoms with van der Waals surface area (Å²) < 4.78 is 13.6. The van der Waals surface area contributed by atoms with Crippen LogP contribution in [0.15, 0.2) is 46.9 Å². The predicted octanol–water partition coefficient (Wildman–Crippen LogP) is 4.82. The number of carbonyl (C=O) groups is 1. The molecule has 2 nitrogen and oxygen atoms in total. The number of aryl methyl sites for hydroxylation is 1. The molecule has 1 unspecified atom stereocenters. The number of alkyl halides is 1. The number of rotatable bonds is 3. The van der Waals surface area contributed by atoms with Crippen molar-refractivity contribution in [2.75, 3.05) is 5.32 Å². The lowest BCUT2D eigenvalue weighted by Crippen LogP contribution is -2.18. The molecule has 1 amide bonds. The Morgan fingerprint density at radius 2 is 1.95 bits per heavy atom. The Morgan fingerprint density at radius 1 is 1.30 bits per heavy atom. The summed E-state index contributed by atoms with van der Waals surface area (Å²) >= 11 is 9.22. The molecule has 0 aliphatic rings. The van der Waals surface area contributed by atoms with Gasteiger partial charge in [-0.25, -0.2) is 4.39 Å². The molecule has 20 heavy (non-hydrogen) atoms. The van der Waals surface area contributed by atoms with Gasteiger partial charge in [0.2, 0.25) is 5.91 Å². The van der Waals surface area contributed by atoms with E-state index in [0.717, 1.165) is 0 Å². The van der Waals surface area contributed by atoms with Gasteiger partial charge in [0.05, 0.1) is 4.47 Å². The second-order valence-electron chi connectivity index (χ2n) is 4.34. The molecule has 2 aromatic rings. The van der Waals surface area contributed by atoms with Crippen molar-refractivity contribution in [3.05, 3.63) is 63.9 Å². The highest BCUT2D eigenvalue weighted by Crippen LogP contribution is 2.27. The summed E-state index contributed by atoms with van der Waals surface area (Å²) in [6, 6.07) is 11.9. The van der Waals surface area contributed by atoms with E-state index >= 15 is 0 Å². The number of anilines is 1. The van der Waals surface area contributed by atoms with Gasteiger partial charge < -0.3 is 5.32 Å². The van der Waals surface area contributed by atoms with E-state index in [1.165, 1.54) is 12.1 Å². The average Bonchev–Trinajstić information content (AvgIpc) is 2.44. The molecule has 0 fully saturated rings. The fourth-order valence-electron chi connectivity index (χ4n) is 1.75. The van der Waals surface area contributed by atoms with Gasteiger partial charge in [-0.05, 0) is 46.1 Å². The topological polar surface area (TPSA) is 29.1 Å². The largest absolute Gasteiger partial charge is 0.324 e. The molecule has 0 aliphatic heterocycles. The van der Waals surface area contributed by atoms with Gasteiger partial charge in [-0.1, -0.05) is 30.3 Å². The monoisotopic (exact) mass is 355 g/mol. The first-order valence-corrected chi connectivity index (χ1v) is 7.17. The summed E-state index contributed by atoms with van der Waals surface area (Å²) in [6.45, 7) is 1.72. The normalized spacial score (nSPS) is 12.0. The Balaban J connectivity index is 2.18. The lowest BCUT2D eigenvalue weighted by molar-refractivity contribution is -0.116. The molecular formula is C15H12BrClFNO. The Morgan fingerprint density at radius 3 is 2.60 bits per heavy atom. The van der Waals surface area contributed by atoms with Crippen LogP contribution in [0.1, 0.15) is 16.5 Å².